The number of hydrogen-bond acceptors (Lipinski definition) is 2. The monoisotopic (exact) mass is 233 g/mol. The highest BCUT2D eigenvalue weighted by molar-refractivity contribution is 5.59. The van der Waals surface area contributed by atoms with E-state index in [1.165, 1.54) is 5.56 Å². The van der Waals surface area contributed by atoms with E-state index >= 15 is 0 Å². The molecule has 17 heavy (non-hydrogen) atoms. The molecule has 0 fully saturated rings. The van der Waals surface area contributed by atoms with Crippen LogP contribution in [0, 0.1) is 0 Å². The van der Waals surface area contributed by atoms with Gasteiger partial charge in [-0.25, -0.2) is 0 Å². The van der Waals surface area contributed by atoms with Crippen molar-refractivity contribution >= 4 is 5.69 Å². The van der Waals surface area contributed by atoms with Crippen molar-refractivity contribution in [1.29, 1.82) is 0 Å². The molecular formula is C15H23NO. The van der Waals surface area contributed by atoms with Gasteiger partial charge in [0.05, 0.1) is 5.69 Å². The minimum atomic E-state index is -0.0818. The van der Waals surface area contributed by atoms with Crippen molar-refractivity contribution in [2.75, 3.05) is 11.9 Å². The van der Waals surface area contributed by atoms with Crippen LogP contribution in [0.15, 0.2) is 18.2 Å². The van der Waals surface area contributed by atoms with Crippen LogP contribution >= 0.6 is 0 Å². The van der Waals surface area contributed by atoms with Gasteiger partial charge < -0.3 is 10.1 Å². The van der Waals surface area contributed by atoms with Gasteiger partial charge in [-0.05, 0) is 37.0 Å². The molecule has 0 unspecified atom stereocenters. The predicted molar refractivity (Wildman–Crippen MR) is 73.0 cm³/mol. The van der Waals surface area contributed by atoms with Gasteiger partial charge in [-0.3, -0.25) is 0 Å². The van der Waals surface area contributed by atoms with E-state index in [4.69, 9.17) is 4.74 Å². The predicted octanol–water partition coefficient (Wildman–Crippen LogP) is 3.96. The Balaban J connectivity index is 2.38. The SMILES string of the molecule is CC1(C)CCNc2cc(C(C)(C)C)ccc2O1. The zero-order valence-corrected chi connectivity index (χ0v) is 11.6. The summed E-state index contributed by atoms with van der Waals surface area (Å²) in [6.07, 6.45) is 1.02. The first-order valence-corrected chi connectivity index (χ1v) is 6.35. The lowest BCUT2D eigenvalue weighted by Gasteiger charge is -2.25. The third-order valence-corrected chi connectivity index (χ3v) is 3.27. The van der Waals surface area contributed by atoms with Crippen LogP contribution in [0.5, 0.6) is 5.75 Å². The molecule has 94 valence electrons. The van der Waals surface area contributed by atoms with Crippen molar-refractivity contribution in [3.63, 3.8) is 0 Å². The molecule has 0 atom stereocenters. The Labute approximate surface area is 104 Å². The van der Waals surface area contributed by atoms with E-state index in [1.54, 1.807) is 0 Å². The zero-order valence-electron chi connectivity index (χ0n) is 11.6. The highest BCUT2D eigenvalue weighted by Crippen LogP contribution is 2.35. The van der Waals surface area contributed by atoms with E-state index in [0.29, 0.717) is 0 Å². The van der Waals surface area contributed by atoms with Gasteiger partial charge in [-0.2, -0.15) is 0 Å². The second-order valence-corrected chi connectivity index (χ2v) is 6.50. The van der Waals surface area contributed by atoms with Gasteiger partial charge in [0, 0.05) is 13.0 Å². The van der Waals surface area contributed by atoms with E-state index in [2.05, 4.69) is 58.1 Å². The molecule has 0 saturated carbocycles. The van der Waals surface area contributed by atoms with E-state index in [-0.39, 0.29) is 11.0 Å². The smallest absolute Gasteiger partial charge is 0.143 e. The van der Waals surface area contributed by atoms with Gasteiger partial charge >= 0.3 is 0 Å². The highest BCUT2D eigenvalue weighted by atomic mass is 16.5. The Morgan fingerprint density at radius 3 is 2.59 bits per heavy atom. The summed E-state index contributed by atoms with van der Waals surface area (Å²) in [7, 11) is 0. The maximum Gasteiger partial charge on any atom is 0.143 e. The quantitative estimate of drug-likeness (QED) is 0.732. The maximum absolute atomic E-state index is 6.05. The first-order valence-electron chi connectivity index (χ1n) is 6.35. The lowest BCUT2D eigenvalue weighted by Crippen LogP contribution is -2.28. The average Bonchev–Trinajstić information content (AvgIpc) is 2.32. The zero-order chi connectivity index (χ0) is 12.7. The van der Waals surface area contributed by atoms with Crippen molar-refractivity contribution in [2.24, 2.45) is 0 Å². The van der Waals surface area contributed by atoms with E-state index in [0.717, 1.165) is 24.4 Å². The summed E-state index contributed by atoms with van der Waals surface area (Å²) in [4.78, 5) is 0. The Kier molecular flexibility index (Phi) is 2.84. The van der Waals surface area contributed by atoms with Gasteiger partial charge in [-0.1, -0.05) is 26.8 Å². The first-order chi connectivity index (χ1) is 7.78. The lowest BCUT2D eigenvalue weighted by molar-refractivity contribution is 0.108. The summed E-state index contributed by atoms with van der Waals surface area (Å²) in [5.41, 5.74) is 2.56. The molecule has 1 aromatic carbocycles. The van der Waals surface area contributed by atoms with Gasteiger partial charge in [0.15, 0.2) is 0 Å². The van der Waals surface area contributed by atoms with Crippen molar-refractivity contribution in [3.05, 3.63) is 23.8 Å². The molecule has 0 bridgehead atoms. The summed E-state index contributed by atoms with van der Waals surface area (Å²) in [6.45, 7) is 11.9. The minimum absolute atomic E-state index is 0.0818. The average molecular weight is 233 g/mol. The number of nitrogens with one attached hydrogen (secondary N) is 1. The third-order valence-electron chi connectivity index (χ3n) is 3.27. The Bertz CT molecular complexity index is 415. The fraction of sp³-hybridized carbons (Fsp3) is 0.600. The van der Waals surface area contributed by atoms with Crippen LogP contribution in [0.25, 0.3) is 0 Å². The molecule has 0 radical (unpaired) electrons. The van der Waals surface area contributed by atoms with Gasteiger partial charge in [0.1, 0.15) is 11.4 Å². The number of ether oxygens (including phenoxy) is 1. The maximum atomic E-state index is 6.05. The third kappa shape index (κ3) is 2.74. The van der Waals surface area contributed by atoms with Gasteiger partial charge in [0.2, 0.25) is 0 Å². The fourth-order valence-electron chi connectivity index (χ4n) is 2.07. The highest BCUT2D eigenvalue weighted by Gasteiger charge is 2.25. The molecule has 0 saturated heterocycles. The normalized spacial score (nSPS) is 18.6. The molecule has 2 nitrogen and oxygen atoms in total. The summed E-state index contributed by atoms with van der Waals surface area (Å²) in [5.74, 6) is 0.973. The largest absolute Gasteiger partial charge is 0.486 e. The Hall–Kier alpha value is -1.18. The molecule has 2 rings (SSSR count). The van der Waals surface area contributed by atoms with Crippen molar-refractivity contribution in [2.45, 2.75) is 52.1 Å². The van der Waals surface area contributed by atoms with Crippen LogP contribution in [0.3, 0.4) is 0 Å². The Morgan fingerprint density at radius 2 is 1.94 bits per heavy atom. The molecule has 2 heteroatoms. The molecule has 0 spiro atoms. The minimum Gasteiger partial charge on any atom is -0.486 e. The second-order valence-electron chi connectivity index (χ2n) is 6.50. The number of fused-ring (bicyclic) bond motifs is 1. The van der Waals surface area contributed by atoms with Crippen molar-refractivity contribution in [1.82, 2.24) is 0 Å². The standard InChI is InChI=1S/C15H23NO/c1-14(2,3)11-6-7-13-12(10-11)16-9-8-15(4,5)17-13/h6-7,10,16H,8-9H2,1-5H3. The molecule has 1 aliphatic rings. The van der Waals surface area contributed by atoms with Gasteiger partial charge in [0.25, 0.3) is 0 Å². The summed E-state index contributed by atoms with van der Waals surface area (Å²) in [5, 5.41) is 3.47. The van der Waals surface area contributed by atoms with E-state index in [9.17, 15) is 0 Å². The molecule has 1 N–H and O–H groups in total. The van der Waals surface area contributed by atoms with Crippen LogP contribution in [-0.4, -0.2) is 12.1 Å². The molecule has 0 amide bonds. The summed E-state index contributed by atoms with van der Waals surface area (Å²) in [6, 6.07) is 6.48. The summed E-state index contributed by atoms with van der Waals surface area (Å²) < 4.78 is 6.05. The van der Waals surface area contributed by atoms with Crippen LogP contribution in [0.2, 0.25) is 0 Å². The van der Waals surface area contributed by atoms with Crippen LogP contribution in [-0.2, 0) is 5.41 Å². The molecule has 1 heterocycles. The second kappa shape index (κ2) is 3.94. The first kappa shape index (κ1) is 12.3. The fourth-order valence-corrected chi connectivity index (χ4v) is 2.07. The summed E-state index contributed by atoms with van der Waals surface area (Å²) >= 11 is 0. The van der Waals surface area contributed by atoms with Crippen molar-refractivity contribution < 1.29 is 4.74 Å². The number of rotatable bonds is 0. The molecule has 0 aromatic heterocycles. The molecule has 0 aliphatic carbocycles. The van der Waals surface area contributed by atoms with Crippen LogP contribution in [0.4, 0.5) is 5.69 Å². The lowest BCUT2D eigenvalue weighted by atomic mass is 9.87. The molecule has 1 aromatic rings. The van der Waals surface area contributed by atoms with E-state index in [1.807, 2.05) is 0 Å². The number of hydrogen-bond donors (Lipinski definition) is 1. The topological polar surface area (TPSA) is 21.3 Å². The van der Waals surface area contributed by atoms with Crippen LogP contribution < -0.4 is 10.1 Å². The Morgan fingerprint density at radius 1 is 1.24 bits per heavy atom. The van der Waals surface area contributed by atoms with Gasteiger partial charge in [-0.15, -0.1) is 0 Å². The number of benzene rings is 1. The number of anilines is 1. The van der Waals surface area contributed by atoms with E-state index < -0.39 is 0 Å². The molecule has 1 aliphatic heterocycles. The van der Waals surface area contributed by atoms with Crippen molar-refractivity contribution in [3.8, 4) is 5.75 Å². The molecular weight excluding hydrogens is 210 g/mol. The van der Waals surface area contributed by atoms with Crippen LogP contribution in [0.1, 0.15) is 46.6 Å².